The number of benzene rings is 2. The van der Waals surface area contributed by atoms with Crippen molar-refractivity contribution in [3.05, 3.63) is 54.1 Å². The van der Waals surface area contributed by atoms with Crippen LogP contribution < -0.4 is 15.4 Å². The van der Waals surface area contributed by atoms with Crippen molar-refractivity contribution in [3.63, 3.8) is 0 Å². The lowest BCUT2D eigenvalue weighted by atomic mass is 10.2. The number of ether oxygens (including phenoxy) is 2. The quantitative estimate of drug-likeness (QED) is 0.441. The molecule has 150 valence electrons. The number of rotatable bonds is 11. The molecule has 6 nitrogen and oxygen atoms in total. The summed E-state index contributed by atoms with van der Waals surface area (Å²) in [6.45, 7) is 5.20. The molecule has 0 fully saturated rings. The fourth-order valence-corrected chi connectivity index (χ4v) is 2.41. The van der Waals surface area contributed by atoms with Crippen LogP contribution in [0.3, 0.4) is 0 Å². The molecule has 0 saturated carbocycles. The van der Waals surface area contributed by atoms with E-state index in [-0.39, 0.29) is 18.4 Å². The maximum atomic E-state index is 12.2. The first-order valence-electron chi connectivity index (χ1n) is 9.66. The Hall–Kier alpha value is -3.02. The molecule has 0 aliphatic heterocycles. The third-order valence-corrected chi connectivity index (χ3v) is 3.92. The van der Waals surface area contributed by atoms with Gasteiger partial charge >= 0.3 is 5.97 Å². The summed E-state index contributed by atoms with van der Waals surface area (Å²) >= 11 is 0. The fraction of sp³-hybridized carbons (Fsp3) is 0.364. The Morgan fingerprint density at radius 2 is 1.68 bits per heavy atom. The van der Waals surface area contributed by atoms with Gasteiger partial charge in [-0.15, -0.1) is 0 Å². The van der Waals surface area contributed by atoms with Gasteiger partial charge < -0.3 is 20.1 Å². The minimum absolute atomic E-state index is 0.106. The second-order valence-corrected chi connectivity index (χ2v) is 6.31. The molecule has 6 heteroatoms. The standard InChI is InChI=1S/C22H28N2O4/c1-3-5-15-27-20-9-7-6-8-19(20)23-16-21(25)24-18-12-10-17(11-13-18)22(26)28-14-4-2/h6-13,23H,3-5,14-16H2,1-2H3,(H,24,25). The van der Waals surface area contributed by atoms with E-state index in [4.69, 9.17) is 9.47 Å². The average Bonchev–Trinajstić information content (AvgIpc) is 2.72. The first-order valence-corrected chi connectivity index (χ1v) is 9.66. The molecule has 1 amide bonds. The van der Waals surface area contributed by atoms with E-state index in [1.807, 2.05) is 31.2 Å². The zero-order valence-electron chi connectivity index (χ0n) is 16.5. The van der Waals surface area contributed by atoms with E-state index in [0.29, 0.717) is 24.5 Å². The lowest BCUT2D eigenvalue weighted by Gasteiger charge is -2.13. The maximum Gasteiger partial charge on any atom is 0.338 e. The Labute approximate surface area is 166 Å². The Bertz CT molecular complexity index is 759. The van der Waals surface area contributed by atoms with Gasteiger partial charge in [-0.3, -0.25) is 4.79 Å². The van der Waals surface area contributed by atoms with Crippen molar-refractivity contribution in [1.82, 2.24) is 0 Å². The van der Waals surface area contributed by atoms with Crippen molar-refractivity contribution in [2.75, 3.05) is 30.4 Å². The second-order valence-electron chi connectivity index (χ2n) is 6.31. The highest BCUT2D eigenvalue weighted by Crippen LogP contribution is 2.23. The first-order chi connectivity index (χ1) is 13.6. The van der Waals surface area contributed by atoms with Gasteiger partial charge in [0.2, 0.25) is 5.91 Å². The Kier molecular flexibility index (Phi) is 8.85. The number of carbonyl (C=O) groups excluding carboxylic acids is 2. The summed E-state index contributed by atoms with van der Waals surface area (Å²) < 4.78 is 10.8. The number of esters is 1. The molecule has 2 N–H and O–H groups in total. The summed E-state index contributed by atoms with van der Waals surface area (Å²) in [5, 5.41) is 5.90. The summed E-state index contributed by atoms with van der Waals surface area (Å²) in [6, 6.07) is 14.2. The van der Waals surface area contributed by atoms with Crippen LogP contribution in [0.15, 0.2) is 48.5 Å². The molecule has 0 atom stereocenters. The number of hydrogen-bond donors (Lipinski definition) is 2. The topological polar surface area (TPSA) is 76.7 Å². The Morgan fingerprint density at radius 1 is 0.929 bits per heavy atom. The minimum atomic E-state index is -0.360. The summed E-state index contributed by atoms with van der Waals surface area (Å²) in [5.74, 6) is 0.185. The van der Waals surface area contributed by atoms with Crippen LogP contribution >= 0.6 is 0 Å². The lowest BCUT2D eigenvalue weighted by Crippen LogP contribution is -2.22. The van der Waals surface area contributed by atoms with Gasteiger partial charge in [0.1, 0.15) is 5.75 Å². The van der Waals surface area contributed by atoms with Crippen molar-refractivity contribution in [3.8, 4) is 5.75 Å². The molecule has 2 aromatic carbocycles. The monoisotopic (exact) mass is 384 g/mol. The summed E-state index contributed by atoms with van der Waals surface area (Å²) in [5.41, 5.74) is 1.86. The van der Waals surface area contributed by atoms with Gasteiger partial charge in [0.25, 0.3) is 0 Å². The number of carbonyl (C=O) groups is 2. The van der Waals surface area contributed by atoms with Gasteiger partial charge in [-0.2, -0.15) is 0 Å². The van der Waals surface area contributed by atoms with Crippen LogP contribution in [0.4, 0.5) is 11.4 Å². The molecule has 0 heterocycles. The molecule has 0 saturated heterocycles. The van der Waals surface area contributed by atoms with Gasteiger partial charge in [0.05, 0.1) is 31.0 Å². The molecule has 0 radical (unpaired) electrons. The number of anilines is 2. The first kappa shape index (κ1) is 21.3. The summed E-state index contributed by atoms with van der Waals surface area (Å²) in [7, 11) is 0. The highest BCUT2D eigenvalue weighted by molar-refractivity contribution is 5.95. The van der Waals surface area contributed by atoms with Crippen LogP contribution in [-0.4, -0.2) is 31.6 Å². The van der Waals surface area contributed by atoms with Crippen molar-refractivity contribution in [1.29, 1.82) is 0 Å². The Morgan fingerprint density at radius 3 is 2.39 bits per heavy atom. The van der Waals surface area contributed by atoms with Gasteiger partial charge in [0, 0.05) is 5.69 Å². The Balaban J connectivity index is 1.85. The number of amides is 1. The molecule has 0 spiro atoms. The maximum absolute atomic E-state index is 12.2. The van der Waals surface area contributed by atoms with E-state index >= 15 is 0 Å². The molecule has 0 aromatic heterocycles. The zero-order chi connectivity index (χ0) is 20.2. The van der Waals surface area contributed by atoms with E-state index in [2.05, 4.69) is 17.6 Å². The van der Waals surface area contributed by atoms with Crippen molar-refractivity contribution in [2.24, 2.45) is 0 Å². The van der Waals surface area contributed by atoms with E-state index in [0.717, 1.165) is 30.7 Å². The van der Waals surface area contributed by atoms with Crippen molar-refractivity contribution >= 4 is 23.3 Å². The molecule has 0 aliphatic rings. The molecule has 2 aromatic rings. The predicted octanol–water partition coefficient (Wildman–Crippen LogP) is 4.48. The van der Waals surface area contributed by atoms with Crippen LogP contribution in [0.5, 0.6) is 5.75 Å². The third-order valence-electron chi connectivity index (χ3n) is 3.92. The molecular formula is C22H28N2O4. The SMILES string of the molecule is CCCCOc1ccccc1NCC(=O)Nc1ccc(C(=O)OCCC)cc1. The van der Waals surface area contributed by atoms with Crippen LogP contribution in [0.25, 0.3) is 0 Å². The van der Waals surface area contributed by atoms with Crippen LogP contribution in [0.1, 0.15) is 43.5 Å². The predicted molar refractivity (Wildman–Crippen MR) is 111 cm³/mol. The van der Waals surface area contributed by atoms with E-state index in [1.54, 1.807) is 24.3 Å². The van der Waals surface area contributed by atoms with E-state index in [9.17, 15) is 9.59 Å². The zero-order valence-corrected chi connectivity index (χ0v) is 16.5. The van der Waals surface area contributed by atoms with E-state index < -0.39 is 0 Å². The lowest BCUT2D eigenvalue weighted by molar-refractivity contribution is -0.114. The van der Waals surface area contributed by atoms with Crippen LogP contribution in [-0.2, 0) is 9.53 Å². The number of nitrogens with one attached hydrogen (secondary N) is 2. The molecule has 28 heavy (non-hydrogen) atoms. The fourth-order valence-electron chi connectivity index (χ4n) is 2.41. The molecule has 0 aliphatic carbocycles. The van der Waals surface area contributed by atoms with Gasteiger partial charge in [-0.05, 0) is 49.2 Å². The van der Waals surface area contributed by atoms with Crippen molar-refractivity contribution in [2.45, 2.75) is 33.1 Å². The van der Waals surface area contributed by atoms with Crippen LogP contribution in [0.2, 0.25) is 0 Å². The molecule has 0 bridgehead atoms. The highest BCUT2D eigenvalue weighted by atomic mass is 16.5. The minimum Gasteiger partial charge on any atom is -0.491 e. The number of hydrogen-bond acceptors (Lipinski definition) is 5. The number of para-hydroxylation sites is 2. The summed E-state index contributed by atoms with van der Waals surface area (Å²) in [6.07, 6.45) is 2.82. The van der Waals surface area contributed by atoms with E-state index in [1.165, 1.54) is 0 Å². The smallest absolute Gasteiger partial charge is 0.338 e. The average molecular weight is 384 g/mol. The molecule has 2 rings (SSSR count). The van der Waals surface area contributed by atoms with Crippen LogP contribution in [0, 0.1) is 0 Å². The van der Waals surface area contributed by atoms with Gasteiger partial charge in [-0.1, -0.05) is 32.4 Å². The van der Waals surface area contributed by atoms with Gasteiger partial charge in [0.15, 0.2) is 0 Å². The normalized spacial score (nSPS) is 10.2. The van der Waals surface area contributed by atoms with Gasteiger partial charge in [-0.25, -0.2) is 4.79 Å². The highest BCUT2D eigenvalue weighted by Gasteiger charge is 2.09. The number of unbranched alkanes of at least 4 members (excludes halogenated alkanes) is 1. The third kappa shape index (κ3) is 6.95. The largest absolute Gasteiger partial charge is 0.491 e. The van der Waals surface area contributed by atoms with Crippen molar-refractivity contribution < 1.29 is 19.1 Å². The summed E-state index contributed by atoms with van der Waals surface area (Å²) in [4.78, 5) is 24.0. The molecule has 0 unspecified atom stereocenters. The molecular weight excluding hydrogens is 356 g/mol. The second kappa shape index (κ2) is 11.6.